The molecule has 1 aliphatic rings. The van der Waals surface area contributed by atoms with Crippen molar-refractivity contribution in [1.82, 2.24) is 0 Å². The van der Waals surface area contributed by atoms with Gasteiger partial charge in [-0.25, -0.2) is 4.79 Å². The molecule has 144 valence electrons. The monoisotopic (exact) mass is 381 g/mol. The number of anilines is 1. The number of hydrogen-bond acceptors (Lipinski definition) is 6. The van der Waals surface area contributed by atoms with Gasteiger partial charge in [0.05, 0.1) is 12.2 Å². The molecule has 0 aromatic carbocycles. The maximum absolute atomic E-state index is 12.4. The molecule has 1 aliphatic carbocycles. The van der Waals surface area contributed by atoms with Gasteiger partial charge in [-0.15, -0.1) is 11.3 Å². The molecule has 6 nitrogen and oxygen atoms in total. The van der Waals surface area contributed by atoms with Crippen LogP contribution in [0.15, 0.2) is 0 Å². The highest BCUT2D eigenvalue weighted by Gasteiger charge is 2.30. The number of carbonyl (C=O) groups is 3. The van der Waals surface area contributed by atoms with Crippen molar-refractivity contribution in [3.8, 4) is 0 Å². The zero-order chi connectivity index (χ0) is 19.3. The van der Waals surface area contributed by atoms with E-state index in [0.717, 1.165) is 29.7 Å². The predicted molar refractivity (Wildman–Crippen MR) is 101 cm³/mol. The van der Waals surface area contributed by atoms with Crippen molar-refractivity contribution in [2.45, 2.75) is 65.9 Å². The molecule has 26 heavy (non-hydrogen) atoms. The molecule has 1 N–H and O–H groups in total. The van der Waals surface area contributed by atoms with Crippen LogP contribution in [0.3, 0.4) is 0 Å². The fraction of sp³-hybridized carbons (Fsp3) is 0.632. The summed E-state index contributed by atoms with van der Waals surface area (Å²) in [6.07, 6.45) is 2.73. The number of esters is 2. The molecule has 0 aliphatic heterocycles. The summed E-state index contributed by atoms with van der Waals surface area (Å²) in [7, 11) is 0. The van der Waals surface area contributed by atoms with Crippen LogP contribution >= 0.6 is 11.3 Å². The Labute approximate surface area is 158 Å². The molecule has 0 spiro atoms. The van der Waals surface area contributed by atoms with Crippen LogP contribution in [0.2, 0.25) is 0 Å². The third-order valence-corrected chi connectivity index (χ3v) is 5.53. The number of carbonyl (C=O) groups excluding carboxylic acids is 3. The molecule has 0 radical (unpaired) electrons. The first-order valence-electron chi connectivity index (χ1n) is 9.19. The SMILES string of the molecule is CCCC(=O)O[C@@H](C)C(=O)Nc1sc2c(c1C(=O)OCC)CC[C@@H](C)C2. The lowest BCUT2D eigenvalue weighted by Gasteiger charge is -2.18. The van der Waals surface area contributed by atoms with Crippen molar-refractivity contribution in [2.75, 3.05) is 11.9 Å². The molecule has 0 saturated carbocycles. The van der Waals surface area contributed by atoms with Gasteiger partial charge in [-0.2, -0.15) is 0 Å². The molecule has 0 unspecified atom stereocenters. The standard InChI is InChI=1S/C19H27NO5S/c1-5-7-15(21)25-12(4)17(22)20-18-16(19(23)24-6-2)13-9-8-11(3)10-14(13)26-18/h11-12H,5-10H2,1-4H3,(H,20,22)/t11-,12+/m1/s1. The minimum absolute atomic E-state index is 0.275. The molecular formula is C19H27NO5S. The molecular weight excluding hydrogens is 354 g/mol. The number of hydrogen-bond donors (Lipinski definition) is 1. The van der Waals surface area contributed by atoms with Crippen LogP contribution in [0, 0.1) is 5.92 Å². The van der Waals surface area contributed by atoms with Gasteiger partial charge in [-0.3, -0.25) is 9.59 Å². The van der Waals surface area contributed by atoms with Crippen molar-refractivity contribution in [1.29, 1.82) is 0 Å². The quantitative estimate of drug-likeness (QED) is 0.728. The second-order valence-electron chi connectivity index (χ2n) is 6.65. The van der Waals surface area contributed by atoms with Gasteiger partial charge in [-0.05, 0) is 51.0 Å². The van der Waals surface area contributed by atoms with Crippen molar-refractivity contribution in [2.24, 2.45) is 5.92 Å². The van der Waals surface area contributed by atoms with Gasteiger partial charge < -0.3 is 14.8 Å². The lowest BCUT2D eigenvalue weighted by molar-refractivity contribution is -0.153. The van der Waals surface area contributed by atoms with Gasteiger partial charge in [0, 0.05) is 11.3 Å². The van der Waals surface area contributed by atoms with Crippen LogP contribution in [0.5, 0.6) is 0 Å². The zero-order valence-electron chi connectivity index (χ0n) is 15.8. The Hall–Kier alpha value is -1.89. The number of ether oxygens (including phenoxy) is 2. The maximum atomic E-state index is 12.4. The largest absolute Gasteiger partial charge is 0.462 e. The summed E-state index contributed by atoms with van der Waals surface area (Å²) in [5.41, 5.74) is 1.44. The molecule has 1 aromatic heterocycles. The van der Waals surface area contributed by atoms with Gasteiger partial charge in [0.25, 0.3) is 5.91 Å². The Morgan fingerprint density at radius 3 is 2.69 bits per heavy atom. The fourth-order valence-corrected chi connectivity index (χ4v) is 4.39. The van der Waals surface area contributed by atoms with Gasteiger partial charge in [0.15, 0.2) is 6.10 Å². The third kappa shape index (κ3) is 4.84. The fourth-order valence-electron chi connectivity index (χ4n) is 2.99. The molecule has 2 rings (SSSR count). The first-order chi connectivity index (χ1) is 12.4. The van der Waals surface area contributed by atoms with E-state index in [1.165, 1.54) is 18.3 Å². The van der Waals surface area contributed by atoms with E-state index < -0.39 is 23.9 Å². The second kappa shape index (κ2) is 9.16. The Bertz CT molecular complexity index is 682. The first-order valence-corrected chi connectivity index (χ1v) is 10.0. The average molecular weight is 381 g/mol. The highest BCUT2D eigenvalue weighted by Crippen LogP contribution is 2.40. The number of fused-ring (bicyclic) bond motifs is 1. The van der Waals surface area contributed by atoms with Gasteiger partial charge in [0.1, 0.15) is 5.00 Å². The minimum atomic E-state index is -0.915. The summed E-state index contributed by atoms with van der Waals surface area (Å²) >= 11 is 1.42. The lowest BCUT2D eigenvalue weighted by atomic mass is 9.88. The van der Waals surface area contributed by atoms with E-state index in [9.17, 15) is 14.4 Å². The molecule has 0 saturated heterocycles. The Morgan fingerprint density at radius 2 is 2.04 bits per heavy atom. The van der Waals surface area contributed by atoms with Crippen LogP contribution in [0.25, 0.3) is 0 Å². The summed E-state index contributed by atoms with van der Waals surface area (Å²) in [5, 5.41) is 3.26. The van der Waals surface area contributed by atoms with Crippen LogP contribution in [0.4, 0.5) is 5.00 Å². The van der Waals surface area contributed by atoms with E-state index >= 15 is 0 Å². The van der Waals surface area contributed by atoms with Crippen LogP contribution < -0.4 is 5.32 Å². The van der Waals surface area contributed by atoms with Gasteiger partial charge in [0.2, 0.25) is 0 Å². The molecule has 1 aromatic rings. The summed E-state index contributed by atoms with van der Waals surface area (Å²) in [4.78, 5) is 37.6. The van der Waals surface area contributed by atoms with E-state index in [1.807, 2.05) is 6.92 Å². The molecule has 7 heteroatoms. The lowest BCUT2D eigenvalue weighted by Crippen LogP contribution is -2.30. The van der Waals surface area contributed by atoms with E-state index in [1.54, 1.807) is 6.92 Å². The summed E-state index contributed by atoms with van der Waals surface area (Å²) in [6, 6.07) is 0. The Morgan fingerprint density at radius 1 is 1.31 bits per heavy atom. The molecule has 0 fully saturated rings. The van der Waals surface area contributed by atoms with E-state index in [0.29, 0.717) is 22.9 Å². The highest BCUT2D eigenvalue weighted by molar-refractivity contribution is 7.17. The van der Waals surface area contributed by atoms with Crippen molar-refractivity contribution >= 4 is 34.2 Å². The van der Waals surface area contributed by atoms with Gasteiger partial charge in [-0.1, -0.05) is 13.8 Å². The zero-order valence-corrected chi connectivity index (χ0v) is 16.7. The number of nitrogens with one attached hydrogen (secondary N) is 1. The number of amides is 1. The highest BCUT2D eigenvalue weighted by atomic mass is 32.1. The smallest absolute Gasteiger partial charge is 0.341 e. The maximum Gasteiger partial charge on any atom is 0.341 e. The topological polar surface area (TPSA) is 81.7 Å². The van der Waals surface area contributed by atoms with Crippen LogP contribution in [-0.2, 0) is 31.9 Å². The summed E-state index contributed by atoms with van der Waals surface area (Å²) < 4.78 is 10.3. The molecule has 0 bridgehead atoms. The van der Waals surface area contributed by atoms with E-state index in [2.05, 4.69) is 12.2 Å². The Balaban J connectivity index is 2.21. The van der Waals surface area contributed by atoms with E-state index in [-0.39, 0.29) is 13.0 Å². The van der Waals surface area contributed by atoms with Crippen molar-refractivity contribution in [3.63, 3.8) is 0 Å². The normalized spacial score (nSPS) is 17.2. The summed E-state index contributed by atoms with van der Waals surface area (Å²) in [6.45, 7) is 7.61. The third-order valence-electron chi connectivity index (χ3n) is 4.36. The molecule has 1 heterocycles. The summed E-state index contributed by atoms with van der Waals surface area (Å²) in [5.74, 6) is -0.703. The predicted octanol–water partition coefficient (Wildman–Crippen LogP) is 3.72. The van der Waals surface area contributed by atoms with Crippen molar-refractivity contribution < 1.29 is 23.9 Å². The first kappa shape index (κ1) is 20.4. The minimum Gasteiger partial charge on any atom is -0.462 e. The Kier molecular flexibility index (Phi) is 7.20. The van der Waals surface area contributed by atoms with Crippen LogP contribution in [0.1, 0.15) is 67.8 Å². The van der Waals surface area contributed by atoms with E-state index in [4.69, 9.17) is 9.47 Å². The average Bonchev–Trinajstić information content (AvgIpc) is 2.91. The number of thiophene rings is 1. The van der Waals surface area contributed by atoms with Crippen LogP contribution in [-0.4, -0.2) is 30.6 Å². The van der Waals surface area contributed by atoms with Gasteiger partial charge >= 0.3 is 11.9 Å². The molecule has 1 amide bonds. The second-order valence-corrected chi connectivity index (χ2v) is 7.75. The molecule has 2 atom stereocenters. The number of rotatable bonds is 7. The van der Waals surface area contributed by atoms with Crippen molar-refractivity contribution in [3.05, 3.63) is 16.0 Å².